The van der Waals surface area contributed by atoms with Crippen LogP contribution in [0.2, 0.25) is 0 Å². The van der Waals surface area contributed by atoms with Crippen LogP contribution >= 0.6 is 0 Å². The number of hydrogen-bond donors (Lipinski definition) is 0. The van der Waals surface area contributed by atoms with Crippen LogP contribution < -0.4 is 0 Å². The predicted octanol–water partition coefficient (Wildman–Crippen LogP) is 2.55. The highest BCUT2D eigenvalue weighted by atomic mass is 16.1. The fourth-order valence-electron chi connectivity index (χ4n) is 2.66. The van der Waals surface area contributed by atoms with Gasteiger partial charge in [0.05, 0.1) is 0 Å². The van der Waals surface area contributed by atoms with Crippen molar-refractivity contribution >= 4 is 5.78 Å². The molecule has 0 heterocycles. The lowest BCUT2D eigenvalue weighted by Crippen LogP contribution is -2.20. The second kappa shape index (κ2) is 2.33. The Balaban J connectivity index is 2.07. The van der Waals surface area contributed by atoms with Gasteiger partial charge in [-0.2, -0.15) is 0 Å². The fourth-order valence-corrected chi connectivity index (χ4v) is 2.66. The molecule has 0 bridgehead atoms. The second-order valence-corrected chi connectivity index (χ2v) is 4.19. The Morgan fingerprint density at radius 2 is 1.82 bits per heavy atom. The first-order chi connectivity index (χ1) is 5.26. The zero-order valence-corrected chi connectivity index (χ0v) is 7.23. The van der Waals surface area contributed by atoms with Gasteiger partial charge in [-0.1, -0.05) is 12.8 Å². The van der Waals surface area contributed by atoms with Gasteiger partial charge in [0.25, 0.3) is 0 Å². The Labute approximate surface area is 68.2 Å². The summed E-state index contributed by atoms with van der Waals surface area (Å²) < 4.78 is 0. The average molecular weight is 152 g/mol. The normalized spacial score (nSPS) is 28.8. The SMILES string of the molecule is CC(=O)C1(C2CCCC2)CC1. The zero-order valence-electron chi connectivity index (χ0n) is 7.23. The van der Waals surface area contributed by atoms with Gasteiger partial charge in [-0.15, -0.1) is 0 Å². The monoisotopic (exact) mass is 152 g/mol. The molecule has 2 saturated carbocycles. The van der Waals surface area contributed by atoms with E-state index in [1.54, 1.807) is 6.92 Å². The minimum Gasteiger partial charge on any atom is -0.299 e. The van der Waals surface area contributed by atoms with Gasteiger partial charge in [0, 0.05) is 5.41 Å². The molecule has 0 aromatic heterocycles. The van der Waals surface area contributed by atoms with Crippen molar-refractivity contribution in [1.82, 2.24) is 0 Å². The molecule has 0 aromatic carbocycles. The van der Waals surface area contributed by atoms with E-state index in [0.29, 0.717) is 5.78 Å². The Kier molecular flexibility index (Phi) is 1.55. The summed E-state index contributed by atoms with van der Waals surface area (Å²) in [5.41, 5.74) is 0.191. The van der Waals surface area contributed by atoms with Crippen LogP contribution in [-0.2, 0) is 4.79 Å². The maximum Gasteiger partial charge on any atom is 0.136 e. The minimum atomic E-state index is 0.191. The van der Waals surface area contributed by atoms with Crippen molar-refractivity contribution in [2.45, 2.75) is 45.4 Å². The van der Waals surface area contributed by atoms with Gasteiger partial charge in [0.15, 0.2) is 0 Å². The molecule has 11 heavy (non-hydrogen) atoms. The number of ketones is 1. The first-order valence-electron chi connectivity index (χ1n) is 4.77. The molecule has 0 amide bonds. The molecule has 62 valence electrons. The molecule has 0 aliphatic heterocycles. The Bertz CT molecular complexity index is 173. The van der Waals surface area contributed by atoms with E-state index in [1.807, 2.05) is 0 Å². The first-order valence-corrected chi connectivity index (χ1v) is 4.77. The fraction of sp³-hybridized carbons (Fsp3) is 0.900. The lowest BCUT2D eigenvalue weighted by molar-refractivity contribution is -0.123. The highest BCUT2D eigenvalue weighted by Gasteiger charge is 2.53. The molecule has 0 radical (unpaired) electrons. The van der Waals surface area contributed by atoms with Crippen molar-refractivity contribution in [2.24, 2.45) is 11.3 Å². The Morgan fingerprint density at radius 1 is 1.27 bits per heavy atom. The lowest BCUT2D eigenvalue weighted by Gasteiger charge is -2.18. The summed E-state index contributed by atoms with van der Waals surface area (Å²) in [5, 5.41) is 0. The highest BCUT2D eigenvalue weighted by molar-refractivity contribution is 5.85. The molecular formula is C10H16O. The predicted molar refractivity (Wildman–Crippen MR) is 44.3 cm³/mol. The number of Topliss-reactive ketones (excluding diaryl/α,β-unsaturated/α-hetero) is 1. The van der Waals surface area contributed by atoms with Gasteiger partial charge in [-0.3, -0.25) is 4.79 Å². The van der Waals surface area contributed by atoms with E-state index in [0.717, 1.165) is 5.92 Å². The first kappa shape index (κ1) is 7.33. The molecule has 2 aliphatic carbocycles. The van der Waals surface area contributed by atoms with E-state index < -0.39 is 0 Å². The van der Waals surface area contributed by atoms with Crippen LogP contribution in [0.3, 0.4) is 0 Å². The Morgan fingerprint density at radius 3 is 2.18 bits per heavy atom. The maximum absolute atomic E-state index is 11.3. The summed E-state index contributed by atoms with van der Waals surface area (Å²) in [4.78, 5) is 11.3. The van der Waals surface area contributed by atoms with E-state index in [2.05, 4.69) is 0 Å². The minimum absolute atomic E-state index is 0.191. The van der Waals surface area contributed by atoms with Crippen LogP contribution in [0.15, 0.2) is 0 Å². The van der Waals surface area contributed by atoms with Crippen LogP contribution in [0.25, 0.3) is 0 Å². The van der Waals surface area contributed by atoms with E-state index in [-0.39, 0.29) is 5.41 Å². The van der Waals surface area contributed by atoms with Gasteiger partial charge in [-0.25, -0.2) is 0 Å². The van der Waals surface area contributed by atoms with Gasteiger partial charge in [-0.05, 0) is 38.5 Å². The van der Waals surface area contributed by atoms with Crippen molar-refractivity contribution in [1.29, 1.82) is 0 Å². The third-order valence-electron chi connectivity index (χ3n) is 3.63. The zero-order chi connectivity index (χ0) is 7.90. The molecule has 0 atom stereocenters. The molecule has 2 rings (SSSR count). The molecule has 1 heteroatoms. The van der Waals surface area contributed by atoms with Crippen molar-refractivity contribution in [2.75, 3.05) is 0 Å². The van der Waals surface area contributed by atoms with Crippen LogP contribution in [0.1, 0.15) is 45.4 Å². The number of carbonyl (C=O) groups excluding carboxylic acids is 1. The molecule has 0 aromatic rings. The van der Waals surface area contributed by atoms with Crippen molar-refractivity contribution < 1.29 is 4.79 Å². The van der Waals surface area contributed by atoms with Gasteiger partial charge in [0.1, 0.15) is 5.78 Å². The standard InChI is InChI=1S/C10H16O/c1-8(11)10(6-7-10)9-4-2-3-5-9/h9H,2-7H2,1H3. The molecule has 2 fully saturated rings. The van der Waals surface area contributed by atoms with E-state index >= 15 is 0 Å². The summed E-state index contributed by atoms with van der Waals surface area (Å²) in [7, 11) is 0. The van der Waals surface area contributed by atoms with Crippen LogP contribution in [0.5, 0.6) is 0 Å². The van der Waals surface area contributed by atoms with E-state index in [9.17, 15) is 4.79 Å². The van der Waals surface area contributed by atoms with Crippen molar-refractivity contribution in [3.63, 3.8) is 0 Å². The van der Waals surface area contributed by atoms with Crippen LogP contribution in [0.4, 0.5) is 0 Å². The van der Waals surface area contributed by atoms with E-state index in [4.69, 9.17) is 0 Å². The maximum atomic E-state index is 11.3. The van der Waals surface area contributed by atoms with Crippen LogP contribution in [-0.4, -0.2) is 5.78 Å². The summed E-state index contributed by atoms with van der Waals surface area (Å²) in [5.74, 6) is 1.23. The van der Waals surface area contributed by atoms with Crippen molar-refractivity contribution in [3.05, 3.63) is 0 Å². The molecule has 0 unspecified atom stereocenters. The van der Waals surface area contributed by atoms with Gasteiger partial charge in [0.2, 0.25) is 0 Å². The van der Waals surface area contributed by atoms with Crippen LogP contribution in [0, 0.1) is 11.3 Å². The van der Waals surface area contributed by atoms with Gasteiger partial charge >= 0.3 is 0 Å². The molecule has 1 nitrogen and oxygen atoms in total. The highest BCUT2D eigenvalue weighted by Crippen LogP contribution is 2.57. The largest absolute Gasteiger partial charge is 0.299 e. The topological polar surface area (TPSA) is 17.1 Å². The number of rotatable bonds is 2. The second-order valence-electron chi connectivity index (χ2n) is 4.19. The van der Waals surface area contributed by atoms with Crippen molar-refractivity contribution in [3.8, 4) is 0 Å². The number of hydrogen-bond acceptors (Lipinski definition) is 1. The summed E-state index contributed by atoms with van der Waals surface area (Å²) in [6, 6.07) is 0. The third kappa shape index (κ3) is 1.02. The molecule has 0 N–H and O–H groups in total. The van der Waals surface area contributed by atoms with Gasteiger partial charge < -0.3 is 0 Å². The quantitative estimate of drug-likeness (QED) is 0.594. The van der Waals surface area contributed by atoms with E-state index in [1.165, 1.54) is 38.5 Å². The molecule has 2 aliphatic rings. The molecular weight excluding hydrogens is 136 g/mol. The third-order valence-corrected chi connectivity index (χ3v) is 3.63. The Hall–Kier alpha value is -0.330. The smallest absolute Gasteiger partial charge is 0.136 e. The summed E-state index contributed by atoms with van der Waals surface area (Å²) in [6.45, 7) is 1.78. The molecule has 0 spiro atoms. The molecule has 0 saturated heterocycles. The summed E-state index contributed by atoms with van der Waals surface area (Å²) in [6.07, 6.45) is 7.73. The lowest BCUT2D eigenvalue weighted by atomic mass is 9.85. The number of carbonyl (C=O) groups is 1. The average Bonchev–Trinajstić information content (AvgIpc) is 2.61. The summed E-state index contributed by atoms with van der Waals surface area (Å²) >= 11 is 0.